The Bertz CT molecular complexity index is 3770. The van der Waals surface area contributed by atoms with Gasteiger partial charge in [0.05, 0.1) is 65.3 Å². The third-order valence-electron chi connectivity index (χ3n) is 21.2. The molecule has 0 saturated carbocycles. The van der Waals surface area contributed by atoms with Crippen molar-refractivity contribution in [3.8, 4) is 17.1 Å². The number of aromatic hydroxyl groups is 1. The molecule has 8 rings (SSSR count). The summed E-state index contributed by atoms with van der Waals surface area (Å²) in [6, 6.07) is 6.66. The zero-order valence-electron chi connectivity index (χ0n) is 61.1. The third kappa shape index (κ3) is 17.3. The molecule has 0 aliphatic carbocycles. The van der Waals surface area contributed by atoms with Crippen LogP contribution in [0.2, 0.25) is 0 Å². The zero-order chi connectivity index (χ0) is 76.6. The minimum atomic E-state index is -2.51. The van der Waals surface area contributed by atoms with E-state index in [2.05, 4.69) is 19.7 Å². The van der Waals surface area contributed by atoms with Gasteiger partial charge in [0.15, 0.2) is 16.8 Å². The van der Waals surface area contributed by atoms with Crippen LogP contribution in [0.4, 0.5) is 0 Å². The van der Waals surface area contributed by atoms with Gasteiger partial charge in [0.2, 0.25) is 5.60 Å². The van der Waals surface area contributed by atoms with Crippen LogP contribution >= 0.6 is 0 Å². The smallest absolute Gasteiger partial charge is 0.355 e. The van der Waals surface area contributed by atoms with Crippen molar-refractivity contribution < 1.29 is 107 Å². The molecular weight excluding hydrogens is 1360 g/mol. The molecule has 105 heavy (non-hydrogen) atoms. The monoisotopic (exact) mass is 1460 g/mol. The average Bonchev–Trinajstić information content (AvgIpc) is 1.63. The van der Waals surface area contributed by atoms with E-state index in [4.69, 9.17) is 42.9 Å². The third-order valence-corrected chi connectivity index (χ3v) is 21.2. The fourth-order valence-corrected chi connectivity index (χ4v) is 15.1. The molecule has 0 amide bonds. The second-order valence-corrected chi connectivity index (χ2v) is 27.6. The first kappa shape index (κ1) is 82.2. The number of benzene rings is 1. The number of hydrogen-bond acceptors (Lipinski definition) is 25. The maximum Gasteiger partial charge on any atom is 0.355 e. The highest BCUT2D eigenvalue weighted by Crippen LogP contribution is 2.46. The van der Waals surface area contributed by atoms with Crippen LogP contribution in [0.1, 0.15) is 178 Å². The number of phenolic OH excluding ortho intramolecular Hbond substituents is 1. The minimum absolute atomic E-state index is 0.0353. The fraction of sp³-hybridized carbons (Fsp3) is 0.557. The molecule has 8 unspecified atom stereocenters. The Kier molecular flexibility index (Phi) is 28.3. The summed E-state index contributed by atoms with van der Waals surface area (Å²) in [5.74, 6) is -5.70. The van der Waals surface area contributed by atoms with Gasteiger partial charge in [-0.3, -0.25) is 28.8 Å². The van der Waals surface area contributed by atoms with Gasteiger partial charge in [-0.1, -0.05) is 65.7 Å². The van der Waals surface area contributed by atoms with Gasteiger partial charge in [0.1, 0.15) is 55.3 Å². The molecule has 3 aromatic rings. The van der Waals surface area contributed by atoms with Crippen LogP contribution in [0, 0.1) is 5.41 Å². The van der Waals surface area contributed by atoms with Crippen molar-refractivity contribution in [1.29, 1.82) is 0 Å². The van der Waals surface area contributed by atoms with E-state index < -0.39 is 182 Å². The number of aromatic nitrogens is 2. The first-order valence-corrected chi connectivity index (χ1v) is 36.3. The highest BCUT2D eigenvalue weighted by molar-refractivity contribution is 5.92. The Labute approximate surface area is 611 Å². The van der Waals surface area contributed by atoms with Crippen LogP contribution in [-0.2, 0) is 106 Å². The predicted molar refractivity (Wildman–Crippen MR) is 382 cm³/mol. The molecule has 26 nitrogen and oxygen atoms in total. The fourth-order valence-electron chi connectivity index (χ4n) is 15.1. The maximum absolute atomic E-state index is 14.4. The second-order valence-electron chi connectivity index (χ2n) is 27.6. The first-order valence-electron chi connectivity index (χ1n) is 36.3. The van der Waals surface area contributed by atoms with Gasteiger partial charge in [0.25, 0.3) is 5.56 Å². The lowest BCUT2D eigenvalue weighted by Crippen LogP contribution is -2.61. The Morgan fingerprint density at radius 2 is 0.990 bits per heavy atom. The summed E-state index contributed by atoms with van der Waals surface area (Å²) in [5, 5.41) is 62.2. The lowest BCUT2D eigenvalue weighted by Gasteiger charge is -2.48. The van der Waals surface area contributed by atoms with Gasteiger partial charge < -0.3 is 72.9 Å². The van der Waals surface area contributed by atoms with Crippen LogP contribution < -0.4 is 5.56 Å². The summed E-state index contributed by atoms with van der Waals surface area (Å²) < 4.78 is 47.1. The van der Waals surface area contributed by atoms with E-state index in [-0.39, 0.29) is 127 Å². The number of nitrogens with zero attached hydrogens (tertiary/aromatic N) is 3. The van der Waals surface area contributed by atoms with Crippen molar-refractivity contribution in [3.63, 3.8) is 0 Å². The van der Waals surface area contributed by atoms with Crippen LogP contribution in [0.3, 0.4) is 0 Å². The number of hydrogen-bond donors (Lipinski definition) is 5. The highest BCUT2D eigenvalue weighted by atomic mass is 16.6. The number of Topliss-reactive ketones (excluding diaryl/α,β-unsaturated/α-hetero) is 4. The normalized spacial score (nSPS) is 22.2. The number of esters is 5. The molecule has 7 heterocycles. The number of carbonyl (C=O) groups is 9. The van der Waals surface area contributed by atoms with E-state index in [1.165, 1.54) is 22.8 Å². The van der Waals surface area contributed by atoms with Gasteiger partial charge in [-0.15, -0.1) is 0 Å². The number of rotatable bonds is 44. The molecular formula is C79H101N3O23. The first-order chi connectivity index (χ1) is 50.2. The Hall–Kier alpha value is -8.47. The number of cyclic esters (lactones) is 4. The summed E-state index contributed by atoms with van der Waals surface area (Å²) in [6.07, 6.45) is -3.27. The van der Waals surface area contributed by atoms with Gasteiger partial charge >= 0.3 is 29.8 Å². The van der Waals surface area contributed by atoms with E-state index in [1.807, 2.05) is 25.1 Å². The van der Waals surface area contributed by atoms with Crippen molar-refractivity contribution in [3.05, 3.63) is 130 Å². The van der Waals surface area contributed by atoms with E-state index in [0.29, 0.717) is 56.7 Å². The SMILES string of the molecule is C=CC1=CCOC(=O)C1(CC)OCCCC(=O)CCC(O)C(C(O)CCC(=O)CCCOC1(CC)C(=O)OCC=C1C=C)(C(O)CCC(=O)CCCOC1(CC)C(=O)OCC=C1C=C)C(O)CCC(=O)CCC(=O)OC1(CC)C(=O)OCc2c1cc1n(c2=O)Cc2cc3c(CN(C)C)c(O)ccc3nc2-1. The molecule has 0 saturated heterocycles. The summed E-state index contributed by atoms with van der Waals surface area (Å²) in [5.41, 5.74) is -5.19. The second kappa shape index (κ2) is 36.2. The van der Waals surface area contributed by atoms with Crippen molar-refractivity contribution in [2.75, 3.05) is 53.7 Å². The molecule has 1 aromatic carbocycles. The number of aliphatic hydroxyl groups is 4. The molecule has 26 heteroatoms. The summed E-state index contributed by atoms with van der Waals surface area (Å²) in [6.45, 7) is 18.2. The molecule has 8 atom stereocenters. The van der Waals surface area contributed by atoms with Crippen molar-refractivity contribution in [2.45, 2.75) is 223 Å². The number of pyridine rings is 2. The van der Waals surface area contributed by atoms with Gasteiger partial charge in [0, 0.05) is 99.8 Å². The summed E-state index contributed by atoms with van der Waals surface area (Å²) >= 11 is 0. The van der Waals surface area contributed by atoms with E-state index in [1.54, 1.807) is 64.1 Å². The summed E-state index contributed by atoms with van der Waals surface area (Å²) in [4.78, 5) is 144. The highest BCUT2D eigenvalue weighted by Gasteiger charge is 2.56. The van der Waals surface area contributed by atoms with Crippen LogP contribution in [0.5, 0.6) is 5.75 Å². The van der Waals surface area contributed by atoms with Crippen molar-refractivity contribution in [1.82, 2.24) is 14.5 Å². The van der Waals surface area contributed by atoms with E-state index >= 15 is 0 Å². The molecule has 0 spiro atoms. The number of phenols is 1. The lowest BCUT2D eigenvalue weighted by molar-refractivity contribution is -0.201. The number of ketones is 4. The predicted octanol–water partition coefficient (Wildman–Crippen LogP) is 7.85. The minimum Gasteiger partial charge on any atom is -0.508 e. The standard InChI is InChI=1S/C79H101N3O23/c1-10-50-35-41-98-71(94)75(50,13-4)102-38-17-20-53(83)23-30-64(88)79(65(89)31-24-54(84)21-18-39-103-76(14-5)51(11-2)36-42-99-72(76)95,66(90)32-25-55(85)22-19-40-104-77(15-6)52(12-3)37-43-100-73(77)96)67(91)33-26-56(86)27-34-68(92)105-78(16-7)60-45-62-69-49(46-82(62)70(93)59(60)48-101-74(78)97)44-57-58(47-81(8)9)63(87)29-28-61(57)80-69/h10-12,28-29,35-37,44-45,64-67,87-91H,1-3,13-27,30-34,38-43,46-48H2,4-9H3. The van der Waals surface area contributed by atoms with Gasteiger partial charge in [-0.25, -0.2) is 24.2 Å². The van der Waals surface area contributed by atoms with E-state index in [9.17, 15) is 73.5 Å². The van der Waals surface area contributed by atoms with Crippen molar-refractivity contribution in [2.24, 2.45) is 5.41 Å². The molecule has 0 bridgehead atoms. The van der Waals surface area contributed by atoms with Gasteiger partial charge in [-0.2, -0.15) is 0 Å². The number of aliphatic hydroxyl groups excluding tert-OH is 4. The molecule has 0 fully saturated rings. The summed E-state index contributed by atoms with van der Waals surface area (Å²) in [7, 11) is 3.72. The Morgan fingerprint density at radius 1 is 0.581 bits per heavy atom. The Morgan fingerprint density at radius 3 is 1.39 bits per heavy atom. The van der Waals surface area contributed by atoms with Gasteiger partial charge in [-0.05, 0) is 144 Å². The quantitative estimate of drug-likeness (QED) is 0.0160. The molecule has 5 N–H and O–H groups in total. The van der Waals surface area contributed by atoms with Crippen LogP contribution in [0.15, 0.2) is 102 Å². The molecule has 5 aliphatic heterocycles. The average molecular weight is 1460 g/mol. The number of ether oxygens (including phenoxy) is 8. The van der Waals surface area contributed by atoms with Crippen LogP contribution in [-0.4, -0.2) is 188 Å². The molecule has 5 aliphatic rings. The molecule has 0 radical (unpaired) electrons. The van der Waals surface area contributed by atoms with Crippen LogP contribution in [0.25, 0.3) is 22.3 Å². The lowest BCUT2D eigenvalue weighted by atomic mass is 9.63. The number of fused-ring (bicyclic) bond motifs is 5. The Balaban J connectivity index is 1.01. The topological polar surface area (TPSA) is 367 Å². The zero-order valence-corrected chi connectivity index (χ0v) is 61.1. The van der Waals surface area contributed by atoms with E-state index in [0.717, 1.165) is 0 Å². The number of carbonyl (C=O) groups excluding carboxylic acids is 9. The molecule has 570 valence electrons. The maximum atomic E-state index is 14.4. The molecule has 2 aromatic heterocycles. The van der Waals surface area contributed by atoms with Crippen molar-refractivity contribution >= 4 is 63.9 Å². The largest absolute Gasteiger partial charge is 0.508 e.